The Kier molecular flexibility index (Phi) is 6.65. The molecule has 0 fully saturated rings. The molecule has 0 aliphatic rings. The summed E-state index contributed by atoms with van der Waals surface area (Å²) >= 11 is 0. The molecule has 0 radical (unpaired) electrons. The Morgan fingerprint density at radius 3 is 2.08 bits per heavy atom. The molecule has 0 spiro atoms. The summed E-state index contributed by atoms with van der Waals surface area (Å²) in [5, 5.41) is 18.6. The molecule has 2 N–H and O–H groups in total. The Labute approximate surface area is 136 Å². The van der Waals surface area contributed by atoms with Gasteiger partial charge >= 0.3 is 23.9 Å². The van der Waals surface area contributed by atoms with Crippen molar-refractivity contribution < 1.29 is 43.6 Å². The number of ether oxygens (including phenoxy) is 3. The molecule has 0 bridgehead atoms. The number of methoxy groups -OCH3 is 2. The Hall–Kier alpha value is -3.17. The van der Waals surface area contributed by atoms with Crippen LogP contribution in [0.3, 0.4) is 0 Å². The van der Waals surface area contributed by atoms with Crippen LogP contribution in [0, 0.1) is 0 Å². The van der Waals surface area contributed by atoms with E-state index in [1.165, 1.54) is 7.11 Å². The zero-order chi connectivity index (χ0) is 18.3. The summed E-state index contributed by atoms with van der Waals surface area (Å²) in [6, 6.07) is 0. The fourth-order valence-electron chi connectivity index (χ4n) is 1.79. The van der Waals surface area contributed by atoms with E-state index < -0.39 is 47.4 Å². The summed E-state index contributed by atoms with van der Waals surface area (Å²) in [5.74, 6) is -4.90. The number of esters is 2. The number of rotatable bonds is 8. The summed E-state index contributed by atoms with van der Waals surface area (Å²) < 4.78 is 13.8. The highest BCUT2D eigenvalue weighted by Crippen LogP contribution is 2.25. The number of carboxylic acids is 2. The van der Waals surface area contributed by atoms with Gasteiger partial charge < -0.3 is 24.4 Å². The van der Waals surface area contributed by atoms with Crippen molar-refractivity contribution >= 4 is 23.9 Å². The minimum atomic E-state index is -1.58. The van der Waals surface area contributed by atoms with Crippen molar-refractivity contribution in [2.24, 2.45) is 0 Å². The molecule has 1 rings (SSSR count). The van der Waals surface area contributed by atoms with Crippen LogP contribution >= 0.6 is 0 Å². The van der Waals surface area contributed by atoms with Gasteiger partial charge in [-0.05, 0) is 0 Å². The van der Waals surface area contributed by atoms with Crippen LogP contribution in [-0.2, 0) is 25.5 Å². The van der Waals surface area contributed by atoms with Gasteiger partial charge in [0.2, 0.25) is 0 Å². The van der Waals surface area contributed by atoms with Gasteiger partial charge in [-0.2, -0.15) is 0 Å². The molecule has 1 aromatic heterocycles. The number of aryl methyl sites for hydroxylation is 1. The molecule has 24 heavy (non-hydrogen) atoms. The van der Waals surface area contributed by atoms with Gasteiger partial charge in [0.25, 0.3) is 0 Å². The topological polar surface area (TPSA) is 149 Å². The third-order valence-corrected chi connectivity index (χ3v) is 2.92. The Morgan fingerprint density at radius 2 is 1.58 bits per heavy atom. The van der Waals surface area contributed by atoms with E-state index in [1.807, 2.05) is 0 Å². The lowest BCUT2D eigenvalue weighted by molar-refractivity contribution is -0.143. The van der Waals surface area contributed by atoms with E-state index in [1.54, 1.807) is 0 Å². The van der Waals surface area contributed by atoms with E-state index in [9.17, 15) is 29.4 Å². The average molecular weight is 341 g/mol. The van der Waals surface area contributed by atoms with Gasteiger partial charge in [-0.15, -0.1) is 0 Å². The van der Waals surface area contributed by atoms with Gasteiger partial charge in [0.15, 0.2) is 12.4 Å². The maximum atomic E-state index is 11.4. The number of aromatic nitrogens is 1. The monoisotopic (exact) mass is 341 g/mol. The van der Waals surface area contributed by atoms with Gasteiger partial charge in [0, 0.05) is 6.42 Å². The van der Waals surface area contributed by atoms with Crippen LogP contribution in [0.2, 0.25) is 0 Å². The number of pyridine rings is 1. The SMILES string of the molecule is COC(=O)CCc1ncc(OCC(=O)OC)c(C(=O)O)c1C(=O)O. The molecule has 1 heterocycles. The van der Waals surface area contributed by atoms with E-state index in [2.05, 4.69) is 14.5 Å². The highest BCUT2D eigenvalue weighted by atomic mass is 16.6. The van der Waals surface area contributed by atoms with Crippen molar-refractivity contribution in [3.8, 4) is 5.75 Å². The Morgan fingerprint density at radius 1 is 1.00 bits per heavy atom. The molecule has 0 aromatic carbocycles. The number of aromatic carboxylic acids is 2. The van der Waals surface area contributed by atoms with E-state index in [0.717, 1.165) is 13.3 Å². The second-order valence-corrected chi connectivity index (χ2v) is 4.37. The second-order valence-electron chi connectivity index (χ2n) is 4.37. The molecule has 130 valence electrons. The molecular weight excluding hydrogens is 326 g/mol. The molecule has 0 aliphatic carbocycles. The van der Waals surface area contributed by atoms with Crippen molar-refractivity contribution in [3.05, 3.63) is 23.0 Å². The zero-order valence-corrected chi connectivity index (χ0v) is 12.9. The van der Waals surface area contributed by atoms with Gasteiger partial charge in [-0.3, -0.25) is 9.78 Å². The van der Waals surface area contributed by atoms with Crippen molar-refractivity contribution in [1.82, 2.24) is 4.98 Å². The van der Waals surface area contributed by atoms with E-state index in [0.29, 0.717) is 0 Å². The summed E-state index contributed by atoms with van der Waals surface area (Å²) in [7, 11) is 2.28. The van der Waals surface area contributed by atoms with Gasteiger partial charge in [-0.25, -0.2) is 14.4 Å². The van der Waals surface area contributed by atoms with Crippen LogP contribution in [0.4, 0.5) is 0 Å². The molecule has 1 aromatic rings. The fourth-order valence-corrected chi connectivity index (χ4v) is 1.79. The number of hydrogen-bond acceptors (Lipinski definition) is 8. The third-order valence-electron chi connectivity index (χ3n) is 2.92. The summed E-state index contributed by atoms with van der Waals surface area (Å²) in [6.07, 6.45) is 0.669. The van der Waals surface area contributed by atoms with Gasteiger partial charge in [0.1, 0.15) is 5.56 Å². The van der Waals surface area contributed by atoms with Crippen molar-refractivity contribution in [3.63, 3.8) is 0 Å². The van der Waals surface area contributed by atoms with Crippen LogP contribution in [0.1, 0.15) is 32.8 Å². The van der Waals surface area contributed by atoms with Crippen LogP contribution < -0.4 is 4.74 Å². The minimum absolute atomic E-state index is 0.115. The largest absolute Gasteiger partial charge is 0.479 e. The normalized spacial score (nSPS) is 9.92. The number of nitrogens with zero attached hydrogens (tertiary/aromatic N) is 1. The number of hydrogen-bond donors (Lipinski definition) is 2. The summed E-state index contributed by atoms with van der Waals surface area (Å²) in [4.78, 5) is 48.9. The Balaban J connectivity index is 3.26. The third kappa shape index (κ3) is 4.66. The number of carbonyl (C=O) groups is 4. The molecule has 10 heteroatoms. The quantitative estimate of drug-likeness (QED) is 0.625. The lowest BCUT2D eigenvalue weighted by atomic mass is 10.0. The lowest BCUT2D eigenvalue weighted by Gasteiger charge is -2.13. The predicted molar refractivity (Wildman–Crippen MR) is 76.0 cm³/mol. The fraction of sp³-hybridized carbons (Fsp3) is 0.357. The van der Waals surface area contributed by atoms with Crippen molar-refractivity contribution in [1.29, 1.82) is 0 Å². The van der Waals surface area contributed by atoms with E-state index in [-0.39, 0.29) is 18.5 Å². The predicted octanol–water partition coefficient (Wildman–Crippen LogP) is 0.135. The first-order valence-electron chi connectivity index (χ1n) is 6.56. The molecule has 0 saturated carbocycles. The molecule has 0 amide bonds. The molecular formula is C14H15NO9. The molecule has 0 atom stereocenters. The van der Waals surface area contributed by atoms with E-state index >= 15 is 0 Å². The van der Waals surface area contributed by atoms with Crippen LogP contribution in [0.5, 0.6) is 5.75 Å². The Bertz CT molecular complexity index is 611. The second kappa shape index (κ2) is 8.46. The van der Waals surface area contributed by atoms with Crippen LogP contribution in [0.25, 0.3) is 0 Å². The van der Waals surface area contributed by atoms with E-state index in [4.69, 9.17) is 4.74 Å². The minimum Gasteiger partial charge on any atom is -0.479 e. The molecule has 0 aliphatic heterocycles. The van der Waals surface area contributed by atoms with Crippen LogP contribution in [0.15, 0.2) is 6.20 Å². The number of carboxylic acid groups (broad SMARTS) is 2. The first-order chi connectivity index (χ1) is 11.3. The summed E-state index contributed by atoms with van der Waals surface area (Å²) in [6.45, 7) is -0.612. The highest BCUT2D eigenvalue weighted by Gasteiger charge is 2.27. The molecule has 10 nitrogen and oxygen atoms in total. The first kappa shape index (κ1) is 18.9. The van der Waals surface area contributed by atoms with Crippen molar-refractivity contribution in [2.45, 2.75) is 12.8 Å². The standard InChI is InChI=1S/C14H15NO9/c1-22-9(16)4-3-7-11(13(18)19)12(14(20)21)8(5-15-7)24-6-10(17)23-2/h5H,3-4,6H2,1-2H3,(H,18,19)(H,20,21). The summed E-state index contributed by atoms with van der Waals surface area (Å²) in [5.41, 5.74) is -1.40. The molecule has 0 unspecified atom stereocenters. The first-order valence-corrected chi connectivity index (χ1v) is 6.56. The maximum absolute atomic E-state index is 11.4. The van der Waals surface area contributed by atoms with Gasteiger partial charge in [-0.1, -0.05) is 0 Å². The average Bonchev–Trinajstić information content (AvgIpc) is 2.56. The zero-order valence-electron chi connectivity index (χ0n) is 12.9. The van der Waals surface area contributed by atoms with Crippen LogP contribution in [-0.4, -0.2) is 59.9 Å². The number of carbonyl (C=O) groups excluding carboxylic acids is 2. The van der Waals surface area contributed by atoms with Gasteiger partial charge in [0.05, 0.1) is 38.1 Å². The molecule has 0 saturated heterocycles. The highest BCUT2D eigenvalue weighted by molar-refractivity contribution is 6.04. The lowest BCUT2D eigenvalue weighted by Crippen LogP contribution is -2.19. The maximum Gasteiger partial charge on any atom is 0.343 e. The smallest absolute Gasteiger partial charge is 0.343 e. The van der Waals surface area contributed by atoms with Crippen molar-refractivity contribution in [2.75, 3.05) is 20.8 Å².